The summed E-state index contributed by atoms with van der Waals surface area (Å²) in [5.41, 5.74) is 0.478. The van der Waals surface area contributed by atoms with E-state index in [0.29, 0.717) is 16.3 Å². The van der Waals surface area contributed by atoms with E-state index in [-0.39, 0.29) is 11.7 Å². The van der Waals surface area contributed by atoms with Crippen LogP contribution >= 0.6 is 15.9 Å². The first-order valence-electron chi connectivity index (χ1n) is 5.59. The number of anilines is 1. The Morgan fingerprint density at radius 3 is 2.70 bits per heavy atom. The third kappa shape index (κ3) is 2.59. The first-order chi connectivity index (χ1) is 9.72. The van der Waals surface area contributed by atoms with Gasteiger partial charge in [-0.2, -0.15) is 0 Å². The van der Waals surface area contributed by atoms with Gasteiger partial charge >= 0.3 is 0 Å². The molecular formula is C12H8BrN5O2. The van der Waals surface area contributed by atoms with E-state index in [1.54, 1.807) is 35.4 Å². The van der Waals surface area contributed by atoms with Gasteiger partial charge in [-0.15, -0.1) is 0 Å². The molecule has 8 heteroatoms. The first-order valence-corrected chi connectivity index (χ1v) is 6.39. The van der Waals surface area contributed by atoms with E-state index >= 15 is 0 Å². The van der Waals surface area contributed by atoms with Crippen molar-refractivity contribution in [3.63, 3.8) is 0 Å². The highest BCUT2D eigenvalue weighted by Gasteiger charge is 2.11. The molecule has 0 unspecified atom stereocenters. The number of imidazole rings is 1. The fraction of sp³-hybridized carbons (Fsp3) is 0. The van der Waals surface area contributed by atoms with Gasteiger partial charge in [0.1, 0.15) is 6.33 Å². The molecule has 100 valence electrons. The zero-order chi connectivity index (χ0) is 13.9. The Balaban J connectivity index is 1.74. The van der Waals surface area contributed by atoms with Crippen LogP contribution in [0.15, 0.2) is 52.3 Å². The number of carbonyl (C=O) groups excluding carboxylic acids is 1. The summed E-state index contributed by atoms with van der Waals surface area (Å²) in [6.45, 7) is 0. The number of halogens is 1. The molecule has 1 amide bonds. The van der Waals surface area contributed by atoms with Crippen molar-refractivity contribution in [3.05, 3.63) is 53.7 Å². The quantitative estimate of drug-likeness (QED) is 0.794. The van der Waals surface area contributed by atoms with Crippen LogP contribution in [0.3, 0.4) is 0 Å². The maximum absolute atomic E-state index is 11.8. The van der Waals surface area contributed by atoms with E-state index in [2.05, 4.69) is 36.2 Å². The van der Waals surface area contributed by atoms with Crippen LogP contribution in [-0.2, 0) is 0 Å². The topological polar surface area (TPSA) is 85.8 Å². The summed E-state index contributed by atoms with van der Waals surface area (Å²) < 4.78 is 7.31. The van der Waals surface area contributed by atoms with Crippen LogP contribution in [0, 0.1) is 0 Å². The van der Waals surface area contributed by atoms with Gasteiger partial charge in [-0.05, 0) is 28.1 Å². The van der Waals surface area contributed by atoms with Crippen molar-refractivity contribution >= 4 is 27.5 Å². The molecule has 0 aromatic carbocycles. The molecule has 0 radical (unpaired) electrons. The molecule has 0 saturated heterocycles. The van der Waals surface area contributed by atoms with Gasteiger partial charge in [0.2, 0.25) is 5.95 Å². The molecular weight excluding hydrogens is 326 g/mol. The molecule has 7 nitrogen and oxygen atoms in total. The fourth-order valence-electron chi connectivity index (χ4n) is 1.53. The molecule has 3 aromatic heterocycles. The van der Waals surface area contributed by atoms with Crippen LogP contribution < -0.4 is 5.32 Å². The number of hydrogen-bond donors (Lipinski definition) is 1. The number of hydrogen-bond acceptors (Lipinski definition) is 5. The zero-order valence-electron chi connectivity index (χ0n) is 10.0. The second-order valence-corrected chi connectivity index (χ2v) is 4.58. The van der Waals surface area contributed by atoms with Gasteiger partial charge in [-0.3, -0.25) is 9.36 Å². The van der Waals surface area contributed by atoms with Crippen molar-refractivity contribution in [2.45, 2.75) is 0 Å². The third-order valence-electron chi connectivity index (χ3n) is 2.43. The highest BCUT2D eigenvalue weighted by atomic mass is 79.9. The van der Waals surface area contributed by atoms with Gasteiger partial charge in [0.15, 0.2) is 10.4 Å². The monoisotopic (exact) mass is 333 g/mol. The summed E-state index contributed by atoms with van der Waals surface area (Å²) in [5, 5.41) is 2.64. The van der Waals surface area contributed by atoms with Crippen molar-refractivity contribution < 1.29 is 9.21 Å². The maximum Gasteiger partial charge on any atom is 0.291 e. The van der Waals surface area contributed by atoms with Gasteiger partial charge in [0.25, 0.3) is 5.91 Å². The van der Waals surface area contributed by atoms with Gasteiger partial charge in [-0.25, -0.2) is 15.0 Å². The van der Waals surface area contributed by atoms with Crippen LogP contribution in [0.4, 0.5) is 5.69 Å². The molecule has 0 aliphatic rings. The molecule has 1 N–H and O–H groups in total. The zero-order valence-corrected chi connectivity index (χ0v) is 11.6. The average Bonchev–Trinajstić information content (AvgIpc) is 3.10. The predicted octanol–water partition coefficient (Wildman–Crippen LogP) is 2.27. The van der Waals surface area contributed by atoms with Crippen molar-refractivity contribution in [1.29, 1.82) is 0 Å². The lowest BCUT2D eigenvalue weighted by Crippen LogP contribution is -2.11. The van der Waals surface area contributed by atoms with Gasteiger partial charge in [0, 0.05) is 12.4 Å². The van der Waals surface area contributed by atoms with Crippen molar-refractivity contribution in [2.24, 2.45) is 0 Å². The SMILES string of the molecule is O=C(Nc1cnc(-n2ccnc2)nc1)c1ccc(Br)o1. The van der Waals surface area contributed by atoms with E-state index < -0.39 is 0 Å². The number of amides is 1. The molecule has 3 rings (SSSR count). The lowest BCUT2D eigenvalue weighted by molar-refractivity contribution is 0.0995. The lowest BCUT2D eigenvalue weighted by Gasteiger charge is -2.03. The fourth-order valence-corrected chi connectivity index (χ4v) is 1.83. The van der Waals surface area contributed by atoms with Crippen LogP contribution in [0.25, 0.3) is 5.95 Å². The number of nitrogens with zero attached hydrogens (tertiary/aromatic N) is 4. The minimum atomic E-state index is -0.366. The molecule has 0 spiro atoms. The number of carbonyl (C=O) groups is 1. The molecule has 20 heavy (non-hydrogen) atoms. The largest absolute Gasteiger partial charge is 0.444 e. The maximum atomic E-state index is 11.8. The molecule has 0 atom stereocenters. The second kappa shape index (κ2) is 5.25. The van der Waals surface area contributed by atoms with Crippen LogP contribution in [0.1, 0.15) is 10.6 Å². The van der Waals surface area contributed by atoms with E-state index in [1.807, 2.05) is 0 Å². The Bertz CT molecular complexity index is 721. The Morgan fingerprint density at radius 2 is 2.10 bits per heavy atom. The van der Waals surface area contributed by atoms with E-state index in [1.165, 1.54) is 12.4 Å². The standard InChI is InChI=1S/C12H8BrN5O2/c13-10-2-1-9(20-10)11(19)17-8-5-15-12(16-6-8)18-4-3-14-7-18/h1-7H,(H,17,19). The Labute approximate surface area is 121 Å². The average molecular weight is 334 g/mol. The molecule has 3 aromatic rings. The highest BCUT2D eigenvalue weighted by Crippen LogP contribution is 2.15. The van der Waals surface area contributed by atoms with Crippen molar-refractivity contribution in [3.8, 4) is 5.95 Å². The van der Waals surface area contributed by atoms with E-state index in [9.17, 15) is 4.79 Å². The van der Waals surface area contributed by atoms with E-state index in [4.69, 9.17) is 4.42 Å². The predicted molar refractivity (Wildman–Crippen MR) is 73.5 cm³/mol. The molecule has 0 fully saturated rings. The van der Waals surface area contributed by atoms with Crippen LogP contribution in [0.2, 0.25) is 0 Å². The van der Waals surface area contributed by atoms with Crippen molar-refractivity contribution in [2.75, 3.05) is 5.32 Å². The summed E-state index contributed by atoms with van der Waals surface area (Å²) in [7, 11) is 0. The third-order valence-corrected chi connectivity index (χ3v) is 2.85. The van der Waals surface area contributed by atoms with Gasteiger partial charge < -0.3 is 9.73 Å². The normalized spacial score (nSPS) is 10.4. The molecule has 0 saturated carbocycles. The first kappa shape index (κ1) is 12.5. The van der Waals surface area contributed by atoms with Gasteiger partial charge in [-0.1, -0.05) is 0 Å². The number of nitrogens with one attached hydrogen (secondary N) is 1. The summed E-state index contributed by atoms with van der Waals surface area (Å²) in [5.74, 6) is 0.312. The Kier molecular flexibility index (Phi) is 3.30. The minimum Gasteiger partial charge on any atom is -0.444 e. The molecule has 3 heterocycles. The highest BCUT2D eigenvalue weighted by molar-refractivity contribution is 9.10. The van der Waals surface area contributed by atoms with Crippen LogP contribution in [0.5, 0.6) is 0 Å². The molecule has 0 aliphatic carbocycles. The van der Waals surface area contributed by atoms with Crippen molar-refractivity contribution in [1.82, 2.24) is 19.5 Å². The summed E-state index contributed by atoms with van der Waals surface area (Å²) in [6, 6.07) is 3.22. The van der Waals surface area contributed by atoms with Crippen LogP contribution in [-0.4, -0.2) is 25.4 Å². The Hall–Kier alpha value is -2.48. The Morgan fingerprint density at radius 1 is 1.30 bits per heavy atom. The minimum absolute atomic E-state index is 0.204. The lowest BCUT2D eigenvalue weighted by atomic mass is 10.4. The summed E-state index contributed by atoms with van der Waals surface area (Å²) in [4.78, 5) is 24.0. The summed E-state index contributed by atoms with van der Waals surface area (Å²) >= 11 is 3.14. The second-order valence-electron chi connectivity index (χ2n) is 3.80. The van der Waals surface area contributed by atoms with Gasteiger partial charge in [0.05, 0.1) is 18.1 Å². The molecule has 0 aliphatic heterocycles. The summed E-state index contributed by atoms with van der Waals surface area (Å²) in [6.07, 6.45) is 7.98. The smallest absolute Gasteiger partial charge is 0.291 e. The number of rotatable bonds is 3. The number of furan rings is 1. The molecule has 0 bridgehead atoms. The number of aromatic nitrogens is 4. The van der Waals surface area contributed by atoms with E-state index in [0.717, 1.165) is 0 Å².